The van der Waals surface area contributed by atoms with Crippen LogP contribution in [0.5, 0.6) is 5.75 Å². The van der Waals surface area contributed by atoms with Crippen LogP contribution < -0.4 is 15.1 Å². The second kappa shape index (κ2) is 8.73. The molecule has 1 atom stereocenters. The molecule has 1 aliphatic heterocycles. The summed E-state index contributed by atoms with van der Waals surface area (Å²) in [5.74, 6) is -0.0245. The molecule has 27 heavy (non-hydrogen) atoms. The van der Waals surface area contributed by atoms with E-state index in [2.05, 4.69) is 10.5 Å². The smallest absolute Gasteiger partial charge is 0.245 e. The molecule has 2 amide bonds. The van der Waals surface area contributed by atoms with Gasteiger partial charge in [0.25, 0.3) is 0 Å². The number of methoxy groups -OCH3 is 1. The van der Waals surface area contributed by atoms with Crippen molar-refractivity contribution in [3.05, 3.63) is 54.1 Å². The average Bonchev–Trinajstić information content (AvgIpc) is 3.10. The molecule has 0 saturated carbocycles. The zero-order chi connectivity index (χ0) is 19.2. The van der Waals surface area contributed by atoms with Crippen molar-refractivity contribution >= 4 is 35.5 Å². The number of nitrogens with zero attached hydrogens (tertiary/aromatic N) is 2. The molecule has 0 unspecified atom stereocenters. The summed E-state index contributed by atoms with van der Waals surface area (Å²) >= 11 is 1.67. The number of amides is 2. The van der Waals surface area contributed by atoms with E-state index in [1.165, 1.54) is 4.90 Å². The second-order valence-corrected chi connectivity index (χ2v) is 6.99. The molecule has 1 heterocycles. The maximum atomic E-state index is 12.3. The van der Waals surface area contributed by atoms with Gasteiger partial charge in [-0.25, -0.2) is 5.43 Å². The van der Waals surface area contributed by atoms with Crippen molar-refractivity contribution in [3.63, 3.8) is 0 Å². The Morgan fingerprint density at radius 3 is 2.56 bits per heavy atom. The lowest BCUT2D eigenvalue weighted by Crippen LogP contribution is -2.30. The highest BCUT2D eigenvalue weighted by Crippen LogP contribution is 2.26. The molecule has 1 saturated heterocycles. The van der Waals surface area contributed by atoms with Gasteiger partial charge < -0.3 is 9.64 Å². The number of thioether (sulfide) groups is 1. The molecule has 0 aliphatic carbocycles. The van der Waals surface area contributed by atoms with Gasteiger partial charge in [0.15, 0.2) is 0 Å². The lowest BCUT2D eigenvalue weighted by atomic mass is 10.1. The Morgan fingerprint density at radius 1 is 1.22 bits per heavy atom. The SMILES string of the molecule is COc1ccc(N2C[C@H](C(=O)N/N=C/c3ccc(SC)cc3)CC2=O)cc1. The summed E-state index contributed by atoms with van der Waals surface area (Å²) in [6.07, 6.45) is 3.79. The van der Waals surface area contributed by atoms with Crippen LogP contribution in [-0.4, -0.2) is 37.9 Å². The van der Waals surface area contributed by atoms with Gasteiger partial charge in [0.05, 0.1) is 19.2 Å². The van der Waals surface area contributed by atoms with E-state index in [-0.39, 0.29) is 18.2 Å². The first-order chi connectivity index (χ1) is 13.1. The van der Waals surface area contributed by atoms with Crippen LogP contribution >= 0.6 is 11.8 Å². The lowest BCUT2D eigenvalue weighted by molar-refractivity contribution is -0.126. The zero-order valence-corrected chi connectivity index (χ0v) is 16.0. The molecule has 0 aromatic heterocycles. The van der Waals surface area contributed by atoms with E-state index in [0.717, 1.165) is 17.0 Å². The summed E-state index contributed by atoms with van der Waals surface area (Å²) in [6.45, 7) is 0.342. The van der Waals surface area contributed by atoms with Crippen LogP contribution in [0, 0.1) is 5.92 Å². The second-order valence-electron chi connectivity index (χ2n) is 6.11. The molecular formula is C20H21N3O3S. The fourth-order valence-electron chi connectivity index (χ4n) is 2.85. The zero-order valence-electron chi connectivity index (χ0n) is 15.2. The third kappa shape index (κ3) is 4.68. The number of hydrazone groups is 1. The van der Waals surface area contributed by atoms with E-state index >= 15 is 0 Å². The summed E-state index contributed by atoms with van der Waals surface area (Å²) in [5, 5.41) is 4.01. The van der Waals surface area contributed by atoms with Gasteiger partial charge in [-0.05, 0) is 48.2 Å². The molecule has 140 valence electrons. The van der Waals surface area contributed by atoms with E-state index < -0.39 is 5.92 Å². The Hall–Kier alpha value is -2.80. The fraction of sp³-hybridized carbons (Fsp3) is 0.250. The van der Waals surface area contributed by atoms with Crippen LogP contribution in [0.1, 0.15) is 12.0 Å². The van der Waals surface area contributed by atoms with E-state index in [4.69, 9.17) is 4.74 Å². The quantitative estimate of drug-likeness (QED) is 0.473. The van der Waals surface area contributed by atoms with Crippen LogP contribution in [0.2, 0.25) is 0 Å². The molecule has 7 heteroatoms. The van der Waals surface area contributed by atoms with Crippen LogP contribution in [0.25, 0.3) is 0 Å². The van der Waals surface area contributed by atoms with Gasteiger partial charge in [0, 0.05) is 23.5 Å². The minimum Gasteiger partial charge on any atom is -0.497 e. The molecule has 1 N–H and O–H groups in total. The van der Waals surface area contributed by atoms with Crippen molar-refractivity contribution in [2.45, 2.75) is 11.3 Å². The number of hydrogen-bond donors (Lipinski definition) is 1. The molecule has 3 rings (SSSR count). The fourth-order valence-corrected chi connectivity index (χ4v) is 3.25. The van der Waals surface area contributed by atoms with Crippen molar-refractivity contribution in [1.29, 1.82) is 0 Å². The van der Waals surface area contributed by atoms with Gasteiger partial charge in [-0.1, -0.05) is 12.1 Å². The molecule has 2 aromatic rings. The Morgan fingerprint density at radius 2 is 1.93 bits per heavy atom. The molecule has 1 aliphatic rings. The molecular weight excluding hydrogens is 362 g/mol. The molecule has 0 spiro atoms. The Bertz CT molecular complexity index is 835. The summed E-state index contributed by atoms with van der Waals surface area (Å²) in [7, 11) is 1.59. The highest BCUT2D eigenvalue weighted by atomic mass is 32.2. The standard InChI is InChI=1S/C20H21N3O3S/c1-26-17-7-5-16(6-8-17)23-13-15(11-19(23)24)20(25)22-21-12-14-3-9-18(27-2)10-4-14/h3-10,12,15H,11,13H2,1-2H3,(H,22,25)/b21-12+/t15-/m1/s1. The van der Waals surface area contributed by atoms with Gasteiger partial charge in [0.2, 0.25) is 11.8 Å². The summed E-state index contributed by atoms with van der Waals surface area (Å²) in [6, 6.07) is 15.1. The van der Waals surface area contributed by atoms with E-state index in [0.29, 0.717) is 6.54 Å². The van der Waals surface area contributed by atoms with Crippen LogP contribution in [0.15, 0.2) is 58.5 Å². The summed E-state index contributed by atoms with van der Waals surface area (Å²) in [5.41, 5.74) is 4.20. The number of hydrogen-bond acceptors (Lipinski definition) is 5. The van der Waals surface area contributed by atoms with Gasteiger partial charge in [-0.3, -0.25) is 9.59 Å². The molecule has 1 fully saturated rings. The van der Waals surface area contributed by atoms with Gasteiger partial charge in [0.1, 0.15) is 5.75 Å². The first kappa shape index (κ1) is 19.0. The number of rotatable bonds is 6. The average molecular weight is 383 g/mol. The predicted octanol–water partition coefficient (Wildman–Crippen LogP) is 2.92. The van der Waals surface area contributed by atoms with E-state index in [9.17, 15) is 9.59 Å². The number of nitrogens with one attached hydrogen (secondary N) is 1. The first-order valence-corrected chi connectivity index (χ1v) is 9.74. The maximum Gasteiger partial charge on any atom is 0.245 e. The number of ether oxygens (including phenoxy) is 1. The van der Waals surface area contributed by atoms with Gasteiger partial charge in [-0.15, -0.1) is 11.8 Å². The molecule has 6 nitrogen and oxygen atoms in total. The Kier molecular flexibility index (Phi) is 6.13. The summed E-state index contributed by atoms with van der Waals surface area (Å²) < 4.78 is 5.13. The summed E-state index contributed by atoms with van der Waals surface area (Å²) in [4.78, 5) is 27.4. The van der Waals surface area contributed by atoms with Crippen molar-refractivity contribution in [1.82, 2.24) is 5.43 Å². The minimum absolute atomic E-state index is 0.0723. The monoisotopic (exact) mass is 383 g/mol. The largest absolute Gasteiger partial charge is 0.497 e. The van der Waals surface area contributed by atoms with Crippen molar-refractivity contribution in [2.75, 3.05) is 24.8 Å². The molecule has 0 bridgehead atoms. The van der Waals surface area contributed by atoms with Crippen molar-refractivity contribution < 1.29 is 14.3 Å². The minimum atomic E-state index is -0.421. The topological polar surface area (TPSA) is 71.0 Å². The van der Waals surface area contributed by atoms with Gasteiger partial charge >= 0.3 is 0 Å². The van der Waals surface area contributed by atoms with Gasteiger partial charge in [-0.2, -0.15) is 5.10 Å². The normalized spacial score (nSPS) is 16.7. The molecule has 2 aromatic carbocycles. The highest BCUT2D eigenvalue weighted by molar-refractivity contribution is 7.98. The van der Waals surface area contributed by atoms with E-state index in [1.54, 1.807) is 42.1 Å². The number of benzene rings is 2. The van der Waals surface area contributed by atoms with Crippen molar-refractivity contribution in [3.8, 4) is 5.75 Å². The number of carbonyl (C=O) groups excluding carboxylic acids is 2. The Labute approximate surface area is 162 Å². The van der Waals surface area contributed by atoms with Crippen LogP contribution in [0.3, 0.4) is 0 Å². The molecule has 0 radical (unpaired) electrons. The Balaban J connectivity index is 1.57. The third-order valence-corrected chi connectivity index (χ3v) is 5.13. The lowest BCUT2D eigenvalue weighted by Gasteiger charge is -2.16. The van der Waals surface area contributed by atoms with Crippen LogP contribution in [-0.2, 0) is 9.59 Å². The first-order valence-electron chi connectivity index (χ1n) is 8.52. The highest BCUT2D eigenvalue weighted by Gasteiger charge is 2.35. The van der Waals surface area contributed by atoms with Crippen LogP contribution in [0.4, 0.5) is 5.69 Å². The maximum absolute atomic E-state index is 12.3. The predicted molar refractivity (Wildman–Crippen MR) is 107 cm³/mol. The number of anilines is 1. The van der Waals surface area contributed by atoms with Crippen molar-refractivity contribution in [2.24, 2.45) is 11.0 Å². The van der Waals surface area contributed by atoms with E-state index in [1.807, 2.05) is 42.7 Å². The number of carbonyl (C=O) groups is 2. The third-order valence-electron chi connectivity index (χ3n) is 4.38.